The van der Waals surface area contributed by atoms with Crippen LogP contribution >= 0.6 is 11.6 Å². The smallest absolute Gasteiger partial charge is 0.238 e. The van der Waals surface area contributed by atoms with Crippen LogP contribution in [0.3, 0.4) is 0 Å². The molecule has 1 fully saturated rings. The van der Waals surface area contributed by atoms with Crippen LogP contribution in [0.2, 0.25) is 0 Å². The molecule has 3 rings (SSSR count). The molecule has 1 aliphatic rings. The van der Waals surface area contributed by atoms with Gasteiger partial charge in [0.25, 0.3) is 0 Å². The number of para-hydroxylation sites is 1. The first-order valence-electron chi connectivity index (χ1n) is 8.10. The standard InChI is InChI=1S/C19H19ClN2O3/c1-13(20)19(24)21-14-11-18(23)22(12-14)15-7-9-17(10-8-15)25-16-5-3-2-4-6-16/h2-10,13-14H,11-12H2,1H3,(H,21,24). The molecule has 0 bridgehead atoms. The second-order valence-electron chi connectivity index (χ2n) is 5.94. The van der Waals surface area contributed by atoms with E-state index in [0.717, 1.165) is 11.4 Å². The van der Waals surface area contributed by atoms with E-state index in [4.69, 9.17) is 16.3 Å². The zero-order valence-electron chi connectivity index (χ0n) is 13.8. The monoisotopic (exact) mass is 358 g/mol. The predicted octanol–water partition coefficient (Wildman–Crippen LogP) is 3.33. The molecule has 0 aromatic heterocycles. The van der Waals surface area contributed by atoms with Gasteiger partial charge in [-0.1, -0.05) is 18.2 Å². The number of halogens is 1. The van der Waals surface area contributed by atoms with Crippen molar-refractivity contribution >= 4 is 29.1 Å². The van der Waals surface area contributed by atoms with Gasteiger partial charge in [-0.2, -0.15) is 0 Å². The third-order valence-electron chi connectivity index (χ3n) is 3.96. The molecule has 2 aromatic rings. The molecule has 5 nitrogen and oxygen atoms in total. The van der Waals surface area contributed by atoms with Crippen molar-refractivity contribution in [1.82, 2.24) is 5.32 Å². The van der Waals surface area contributed by atoms with Gasteiger partial charge in [0.1, 0.15) is 16.9 Å². The second-order valence-corrected chi connectivity index (χ2v) is 6.59. The topological polar surface area (TPSA) is 58.6 Å². The molecule has 2 aromatic carbocycles. The van der Waals surface area contributed by atoms with E-state index in [0.29, 0.717) is 12.3 Å². The Morgan fingerprint density at radius 2 is 1.80 bits per heavy atom. The number of nitrogens with one attached hydrogen (secondary N) is 1. The van der Waals surface area contributed by atoms with Crippen LogP contribution in [0.15, 0.2) is 54.6 Å². The van der Waals surface area contributed by atoms with Crippen LogP contribution in [0, 0.1) is 0 Å². The zero-order chi connectivity index (χ0) is 17.8. The Morgan fingerprint density at radius 3 is 2.44 bits per heavy atom. The van der Waals surface area contributed by atoms with Crippen LogP contribution in [-0.4, -0.2) is 29.8 Å². The summed E-state index contributed by atoms with van der Waals surface area (Å²) in [5, 5.41) is 2.18. The van der Waals surface area contributed by atoms with E-state index in [2.05, 4.69) is 5.32 Å². The van der Waals surface area contributed by atoms with E-state index in [9.17, 15) is 9.59 Å². The Balaban J connectivity index is 1.64. The number of rotatable bonds is 5. The molecule has 0 aliphatic carbocycles. The van der Waals surface area contributed by atoms with Crippen LogP contribution in [0.5, 0.6) is 11.5 Å². The van der Waals surface area contributed by atoms with Gasteiger partial charge in [-0.25, -0.2) is 0 Å². The van der Waals surface area contributed by atoms with E-state index in [1.807, 2.05) is 54.6 Å². The summed E-state index contributed by atoms with van der Waals surface area (Å²) in [6.07, 6.45) is 0.275. The van der Waals surface area contributed by atoms with Crippen LogP contribution in [-0.2, 0) is 9.59 Å². The van der Waals surface area contributed by atoms with Crippen molar-refractivity contribution in [1.29, 1.82) is 0 Å². The molecule has 2 amide bonds. The molecule has 1 heterocycles. The molecule has 1 aliphatic heterocycles. The van der Waals surface area contributed by atoms with Gasteiger partial charge in [0.2, 0.25) is 11.8 Å². The largest absolute Gasteiger partial charge is 0.457 e. The van der Waals surface area contributed by atoms with Crippen LogP contribution in [0.25, 0.3) is 0 Å². The van der Waals surface area contributed by atoms with Crippen molar-refractivity contribution in [3.05, 3.63) is 54.6 Å². The molecule has 2 unspecified atom stereocenters. The van der Waals surface area contributed by atoms with E-state index in [1.54, 1.807) is 11.8 Å². The first kappa shape index (κ1) is 17.3. The summed E-state index contributed by atoms with van der Waals surface area (Å²) in [6.45, 7) is 2.05. The molecule has 0 saturated carbocycles. The summed E-state index contributed by atoms with van der Waals surface area (Å²) in [4.78, 5) is 25.6. The highest BCUT2D eigenvalue weighted by Crippen LogP contribution is 2.27. The zero-order valence-corrected chi connectivity index (χ0v) is 14.6. The van der Waals surface area contributed by atoms with E-state index in [1.165, 1.54) is 0 Å². The fourth-order valence-corrected chi connectivity index (χ4v) is 2.75. The summed E-state index contributed by atoms with van der Waals surface area (Å²) < 4.78 is 5.75. The van der Waals surface area contributed by atoms with Crippen LogP contribution in [0.4, 0.5) is 5.69 Å². The van der Waals surface area contributed by atoms with Crippen molar-refractivity contribution in [3.63, 3.8) is 0 Å². The molecular weight excluding hydrogens is 340 g/mol. The van der Waals surface area contributed by atoms with Crippen molar-refractivity contribution in [2.75, 3.05) is 11.4 Å². The number of ether oxygens (including phenoxy) is 1. The first-order chi connectivity index (χ1) is 12.0. The number of anilines is 1. The molecular formula is C19H19ClN2O3. The number of carbonyl (C=O) groups is 2. The lowest BCUT2D eigenvalue weighted by molar-refractivity contribution is -0.121. The number of hydrogen-bond acceptors (Lipinski definition) is 3. The number of amides is 2. The Labute approximate surface area is 151 Å². The lowest BCUT2D eigenvalue weighted by Gasteiger charge is -2.18. The molecule has 1 N–H and O–H groups in total. The Kier molecular flexibility index (Phi) is 5.24. The Bertz CT molecular complexity index is 747. The molecule has 2 atom stereocenters. The van der Waals surface area contributed by atoms with E-state index >= 15 is 0 Å². The lowest BCUT2D eigenvalue weighted by atomic mass is 10.2. The van der Waals surface area contributed by atoms with Gasteiger partial charge < -0.3 is 15.0 Å². The number of carbonyl (C=O) groups excluding carboxylic acids is 2. The lowest BCUT2D eigenvalue weighted by Crippen LogP contribution is -2.40. The molecule has 6 heteroatoms. The highest BCUT2D eigenvalue weighted by molar-refractivity contribution is 6.30. The van der Waals surface area contributed by atoms with Gasteiger partial charge in [-0.15, -0.1) is 11.6 Å². The average molecular weight is 359 g/mol. The number of nitrogens with zero attached hydrogens (tertiary/aromatic N) is 1. The number of alkyl halides is 1. The molecule has 25 heavy (non-hydrogen) atoms. The quantitative estimate of drug-likeness (QED) is 0.834. The first-order valence-corrected chi connectivity index (χ1v) is 8.54. The summed E-state index contributed by atoms with van der Waals surface area (Å²) in [5.74, 6) is 1.17. The minimum absolute atomic E-state index is 0.0238. The maximum absolute atomic E-state index is 12.2. The van der Waals surface area contributed by atoms with E-state index < -0.39 is 5.38 Å². The average Bonchev–Trinajstić information content (AvgIpc) is 2.96. The van der Waals surface area contributed by atoms with Crippen molar-refractivity contribution in [2.45, 2.75) is 24.8 Å². The van der Waals surface area contributed by atoms with Crippen molar-refractivity contribution < 1.29 is 14.3 Å². The van der Waals surface area contributed by atoms with Gasteiger partial charge in [-0.05, 0) is 43.3 Å². The van der Waals surface area contributed by atoms with Crippen molar-refractivity contribution in [2.24, 2.45) is 0 Å². The van der Waals surface area contributed by atoms with Crippen molar-refractivity contribution in [3.8, 4) is 11.5 Å². The Morgan fingerprint density at radius 1 is 1.16 bits per heavy atom. The minimum atomic E-state index is -0.612. The summed E-state index contributed by atoms with van der Waals surface area (Å²) in [6, 6.07) is 16.6. The van der Waals surface area contributed by atoms with E-state index in [-0.39, 0.29) is 24.3 Å². The maximum Gasteiger partial charge on any atom is 0.238 e. The highest BCUT2D eigenvalue weighted by atomic mass is 35.5. The second kappa shape index (κ2) is 7.57. The van der Waals surface area contributed by atoms with Gasteiger partial charge in [0, 0.05) is 18.7 Å². The van der Waals surface area contributed by atoms with Crippen LogP contribution in [0.1, 0.15) is 13.3 Å². The number of benzene rings is 2. The Hall–Kier alpha value is -2.53. The summed E-state index contributed by atoms with van der Waals surface area (Å²) >= 11 is 5.76. The molecule has 1 saturated heterocycles. The third-order valence-corrected chi connectivity index (χ3v) is 4.16. The highest BCUT2D eigenvalue weighted by Gasteiger charge is 2.32. The maximum atomic E-state index is 12.2. The van der Waals surface area contributed by atoms with Gasteiger partial charge >= 0.3 is 0 Å². The predicted molar refractivity (Wildman–Crippen MR) is 97.2 cm³/mol. The molecule has 0 radical (unpaired) electrons. The van der Waals surface area contributed by atoms with Crippen LogP contribution < -0.4 is 15.0 Å². The minimum Gasteiger partial charge on any atom is -0.457 e. The normalized spacial score (nSPS) is 18.1. The third kappa shape index (κ3) is 4.31. The van der Waals surface area contributed by atoms with Gasteiger partial charge in [0.15, 0.2) is 0 Å². The summed E-state index contributed by atoms with van der Waals surface area (Å²) in [7, 11) is 0. The fraction of sp³-hybridized carbons (Fsp3) is 0.263. The van der Waals surface area contributed by atoms with Gasteiger partial charge in [0.05, 0.1) is 6.04 Å². The molecule has 0 spiro atoms. The fourth-order valence-electron chi connectivity index (χ4n) is 2.69. The number of hydrogen-bond donors (Lipinski definition) is 1. The SMILES string of the molecule is CC(Cl)C(=O)NC1CC(=O)N(c2ccc(Oc3ccccc3)cc2)C1. The van der Waals surface area contributed by atoms with Gasteiger partial charge in [-0.3, -0.25) is 9.59 Å². The summed E-state index contributed by atoms with van der Waals surface area (Å²) in [5.41, 5.74) is 0.779. The molecule has 130 valence electrons.